The summed E-state index contributed by atoms with van der Waals surface area (Å²) in [6.45, 7) is 8.26. The third kappa shape index (κ3) is 1.84. The zero-order valence-electron chi connectivity index (χ0n) is 16.2. The highest BCUT2D eigenvalue weighted by Crippen LogP contribution is 2.63. The number of rotatable bonds is 2. The van der Waals surface area contributed by atoms with E-state index in [2.05, 4.69) is 104 Å². The zero-order valence-corrected chi connectivity index (χ0v) is 16.2. The van der Waals surface area contributed by atoms with E-state index in [9.17, 15) is 0 Å². The maximum atomic E-state index is 4.28. The Labute approximate surface area is 171 Å². The highest BCUT2D eigenvalue weighted by Gasteiger charge is 2.51. The van der Waals surface area contributed by atoms with Gasteiger partial charge in [0.15, 0.2) is 0 Å². The first kappa shape index (κ1) is 16.3. The Morgan fingerprint density at radius 3 is 1.66 bits per heavy atom. The molecule has 0 aliphatic heterocycles. The average Bonchev–Trinajstić information content (AvgIpc) is 3.26. The maximum Gasteiger partial charge on any atom is 0.0725 e. The van der Waals surface area contributed by atoms with Gasteiger partial charge in [0.05, 0.1) is 5.41 Å². The standard InChI is InChI=1S/C29H20/c1-3-19(2)20-14-10-18-27-28(20)23-13-6-9-17-26(23)29(27)24-15-7-4-11-21(24)22-12-5-8-16-25(22)29/h3-18H,1-2H2. The van der Waals surface area contributed by atoms with E-state index in [1.807, 2.05) is 6.08 Å². The van der Waals surface area contributed by atoms with Crippen molar-refractivity contribution >= 4 is 5.57 Å². The second-order valence-electron chi connectivity index (χ2n) is 7.84. The zero-order chi connectivity index (χ0) is 19.6. The van der Waals surface area contributed by atoms with Crippen LogP contribution < -0.4 is 0 Å². The SMILES string of the molecule is C=CC(=C)c1cccc2c1-c1ccccc1C21c2ccccc2-c2ccccc21. The molecule has 0 bridgehead atoms. The van der Waals surface area contributed by atoms with Gasteiger partial charge in [-0.05, 0) is 55.6 Å². The molecule has 2 aliphatic rings. The van der Waals surface area contributed by atoms with Crippen LogP contribution in [0.15, 0.2) is 110 Å². The molecule has 4 aromatic rings. The largest absolute Gasteiger partial charge is 0.0985 e. The van der Waals surface area contributed by atoms with Crippen LogP contribution in [0.3, 0.4) is 0 Å². The van der Waals surface area contributed by atoms with Crippen molar-refractivity contribution in [3.05, 3.63) is 138 Å². The number of benzene rings is 4. The summed E-state index contributed by atoms with van der Waals surface area (Å²) in [5, 5.41) is 0. The fourth-order valence-electron chi connectivity index (χ4n) is 5.52. The van der Waals surface area contributed by atoms with Crippen LogP contribution in [0.2, 0.25) is 0 Å². The van der Waals surface area contributed by atoms with Gasteiger partial charge in [0.1, 0.15) is 0 Å². The first-order valence-electron chi connectivity index (χ1n) is 10.0. The third-order valence-electron chi connectivity index (χ3n) is 6.61. The summed E-state index contributed by atoms with van der Waals surface area (Å²) in [5.74, 6) is 0. The van der Waals surface area contributed by atoms with Gasteiger partial charge < -0.3 is 0 Å². The summed E-state index contributed by atoms with van der Waals surface area (Å²) in [5.41, 5.74) is 12.5. The molecule has 0 heteroatoms. The summed E-state index contributed by atoms with van der Waals surface area (Å²) in [6.07, 6.45) is 1.86. The van der Waals surface area contributed by atoms with Crippen molar-refractivity contribution in [3.63, 3.8) is 0 Å². The van der Waals surface area contributed by atoms with Gasteiger partial charge in [0, 0.05) is 0 Å². The Morgan fingerprint density at radius 1 is 0.586 bits per heavy atom. The molecule has 0 fully saturated rings. The van der Waals surface area contributed by atoms with Crippen molar-refractivity contribution in [2.75, 3.05) is 0 Å². The molecule has 2 aliphatic carbocycles. The van der Waals surface area contributed by atoms with Crippen LogP contribution in [0.25, 0.3) is 27.8 Å². The van der Waals surface area contributed by atoms with Crippen LogP contribution in [-0.2, 0) is 5.41 Å². The lowest BCUT2D eigenvalue weighted by atomic mass is 9.70. The Morgan fingerprint density at radius 2 is 1.07 bits per heavy atom. The molecule has 0 radical (unpaired) electrons. The molecule has 0 saturated carbocycles. The van der Waals surface area contributed by atoms with Crippen molar-refractivity contribution < 1.29 is 0 Å². The molecule has 0 aromatic heterocycles. The summed E-state index contributed by atoms with van der Waals surface area (Å²) in [7, 11) is 0. The highest BCUT2D eigenvalue weighted by molar-refractivity contribution is 5.99. The number of hydrogen-bond donors (Lipinski definition) is 0. The van der Waals surface area contributed by atoms with Crippen LogP contribution in [0.5, 0.6) is 0 Å². The first-order chi connectivity index (χ1) is 14.3. The Bertz CT molecular complexity index is 1290. The van der Waals surface area contributed by atoms with Crippen LogP contribution in [0.1, 0.15) is 27.8 Å². The lowest BCUT2D eigenvalue weighted by Crippen LogP contribution is -2.25. The van der Waals surface area contributed by atoms with E-state index in [0.717, 1.165) is 5.57 Å². The van der Waals surface area contributed by atoms with Crippen molar-refractivity contribution in [2.45, 2.75) is 5.41 Å². The Kier molecular flexibility index (Phi) is 3.20. The Hall–Kier alpha value is -3.64. The molecule has 1 spiro atoms. The molecular weight excluding hydrogens is 348 g/mol. The highest BCUT2D eigenvalue weighted by atomic mass is 14.5. The molecule has 136 valence electrons. The summed E-state index contributed by atoms with van der Waals surface area (Å²) >= 11 is 0. The molecule has 0 saturated heterocycles. The first-order valence-corrected chi connectivity index (χ1v) is 10.0. The minimum absolute atomic E-state index is 0.281. The van der Waals surface area contributed by atoms with Gasteiger partial charge >= 0.3 is 0 Å². The predicted octanol–water partition coefficient (Wildman–Crippen LogP) is 7.23. The van der Waals surface area contributed by atoms with E-state index in [1.54, 1.807) is 0 Å². The van der Waals surface area contributed by atoms with E-state index in [4.69, 9.17) is 0 Å². The van der Waals surface area contributed by atoms with Crippen molar-refractivity contribution in [1.82, 2.24) is 0 Å². The van der Waals surface area contributed by atoms with Gasteiger partial charge in [-0.1, -0.05) is 110 Å². The van der Waals surface area contributed by atoms with Crippen LogP contribution >= 0.6 is 0 Å². The van der Waals surface area contributed by atoms with E-state index in [0.29, 0.717) is 0 Å². The van der Waals surface area contributed by atoms with Crippen molar-refractivity contribution in [1.29, 1.82) is 0 Å². The minimum atomic E-state index is -0.281. The smallest absolute Gasteiger partial charge is 0.0725 e. The summed E-state index contributed by atoms with van der Waals surface area (Å²) in [4.78, 5) is 0. The van der Waals surface area contributed by atoms with E-state index < -0.39 is 0 Å². The minimum Gasteiger partial charge on any atom is -0.0985 e. The van der Waals surface area contributed by atoms with Crippen molar-refractivity contribution in [2.24, 2.45) is 0 Å². The molecule has 29 heavy (non-hydrogen) atoms. The lowest BCUT2D eigenvalue weighted by Gasteiger charge is -2.30. The second kappa shape index (κ2) is 5.68. The molecule has 0 nitrogen and oxygen atoms in total. The van der Waals surface area contributed by atoms with Gasteiger partial charge in [0.2, 0.25) is 0 Å². The fourth-order valence-corrected chi connectivity index (χ4v) is 5.52. The molecule has 0 amide bonds. The quantitative estimate of drug-likeness (QED) is 0.283. The number of allylic oxidation sites excluding steroid dienone is 2. The maximum absolute atomic E-state index is 4.28. The average molecular weight is 368 g/mol. The third-order valence-corrected chi connectivity index (χ3v) is 6.61. The molecule has 6 rings (SSSR count). The van der Waals surface area contributed by atoms with Crippen molar-refractivity contribution in [3.8, 4) is 22.3 Å². The molecular formula is C29H20. The van der Waals surface area contributed by atoms with Gasteiger partial charge in [0.25, 0.3) is 0 Å². The van der Waals surface area contributed by atoms with E-state index >= 15 is 0 Å². The van der Waals surface area contributed by atoms with Crippen LogP contribution in [-0.4, -0.2) is 0 Å². The van der Waals surface area contributed by atoms with Crippen LogP contribution in [0, 0.1) is 0 Å². The number of hydrogen-bond acceptors (Lipinski definition) is 0. The molecule has 0 unspecified atom stereocenters. The Balaban J connectivity index is 1.85. The van der Waals surface area contributed by atoms with Gasteiger partial charge in [-0.15, -0.1) is 0 Å². The van der Waals surface area contributed by atoms with Gasteiger partial charge in [-0.25, -0.2) is 0 Å². The molecule has 0 atom stereocenters. The fraction of sp³-hybridized carbons (Fsp3) is 0.0345. The van der Waals surface area contributed by atoms with Gasteiger partial charge in [-0.3, -0.25) is 0 Å². The number of fused-ring (bicyclic) bond motifs is 10. The molecule has 4 aromatic carbocycles. The van der Waals surface area contributed by atoms with Crippen LogP contribution in [0.4, 0.5) is 0 Å². The normalized spacial score (nSPS) is 14.1. The lowest BCUT2D eigenvalue weighted by molar-refractivity contribution is 0.793. The summed E-state index contributed by atoms with van der Waals surface area (Å²) in [6, 6.07) is 33.2. The monoisotopic (exact) mass is 368 g/mol. The van der Waals surface area contributed by atoms with Gasteiger partial charge in [-0.2, -0.15) is 0 Å². The van der Waals surface area contributed by atoms with E-state index in [1.165, 1.54) is 50.1 Å². The topological polar surface area (TPSA) is 0 Å². The second-order valence-corrected chi connectivity index (χ2v) is 7.84. The van der Waals surface area contributed by atoms with E-state index in [-0.39, 0.29) is 5.41 Å². The predicted molar refractivity (Wildman–Crippen MR) is 122 cm³/mol. The summed E-state index contributed by atoms with van der Waals surface area (Å²) < 4.78 is 0. The molecule has 0 N–H and O–H groups in total. The molecule has 0 heterocycles.